The zero-order valence-electron chi connectivity index (χ0n) is 22.6. The molecule has 0 saturated heterocycles. The van der Waals surface area contributed by atoms with Gasteiger partial charge in [0.1, 0.15) is 0 Å². The third kappa shape index (κ3) is 5.12. The molecule has 2 heterocycles. The van der Waals surface area contributed by atoms with Gasteiger partial charge in [-0.1, -0.05) is 55.8 Å². The number of pyridine rings is 1. The average Bonchev–Trinajstić information content (AvgIpc) is 3.35. The molecule has 2 aromatic heterocycles. The lowest BCUT2D eigenvalue weighted by Crippen LogP contribution is -2.36. The van der Waals surface area contributed by atoms with Crippen LogP contribution in [-0.2, 0) is 18.6 Å². The Morgan fingerprint density at radius 2 is 1.69 bits per heavy atom. The normalized spacial score (nSPS) is 13.0. The monoisotopic (exact) mass is 486 g/mol. The van der Waals surface area contributed by atoms with E-state index in [2.05, 4.69) is 109 Å². The highest BCUT2D eigenvalue weighted by Gasteiger charge is 2.31. The highest BCUT2D eigenvalue weighted by molar-refractivity contribution is 5.85. The summed E-state index contributed by atoms with van der Waals surface area (Å²) in [7, 11) is 0. The summed E-state index contributed by atoms with van der Waals surface area (Å²) < 4.78 is 1.96. The molecule has 36 heavy (non-hydrogen) atoms. The van der Waals surface area contributed by atoms with Crippen LogP contribution in [0.1, 0.15) is 80.2 Å². The molecule has 7 heteroatoms. The van der Waals surface area contributed by atoms with Crippen LogP contribution in [-0.4, -0.2) is 30.1 Å². The van der Waals surface area contributed by atoms with Crippen molar-refractivity contribution in [3.63, 3.8) is 0 Å². The Labute approximate surface area is 213 Å². The molecule has 0 spiro atoms. The van der Waals surface area contributed by atoms with Crippen LogP contribution in [0.15, 0.2) is 47.3 Å². The molecular formula is C29H38N6O. The molecule has 0 fully saturated rings. The smallest absolute Gasteiger partial charge is 0.252 e. The van der Waals surface area contributed by atoms with Crippen molar-refractivity contribution in [2.75, 3.05) is 0 Å². The number of aryl methyl sites for hydroxylation is 3. The second-order valence-corrected chi connectivity index (χ2v) is 10.5. The highest BCUT2D eigenvalue weighted by Crippen LogP contribution is 2.30. The zero-order valence-corrected chi connectivity index (χ0v) is 22.6. The van der Waals surface area contributed by atoms with Gasteiger partial charge in [0.2, 0.25) is 0 Å². The molecule has 0 aliphatic carbocycles. The number of tetrazole rings is 1. The largest absolute Gasteiger partial charge is 0.321 e. The lowest BCUT2D eigenvalue weighted by Gasteiger charge is -2.33. The van der Waals surface area contributed by atoms with Crippen LogP contribution in [0.2, 0.25) is 0 Å². The second kappa shape index (κ2) is 10.3. The number of rotatable bonds is 9. The van der Waals surface area contributed by atoms with Gasteiger partial charge in [-0.05, 0) is 80.6 Å². The van der Waals surface area contributed by atoms with E-state index >= 15 is 0 Å². The van der Waals surface area contributed by atoms with Gasteiger partial charge in [0, 0.05) is 24.0 Å². The van der Waals surface area contributed by atoms with Crippen molar-refractivity contribution in [3.05, 3.63) is 86.5 Å². The molecule has 0 radical (unpaired) electrons. The maximum atomic E-state index is 13.3. The third-order valence-electron chi connectivity index (χ3n) is 7.46. The predicted octanol–water partition coefficient (Wildman–Crippen LogP) is 5.74. The third-order valence-corrected chi connectivity index (χ3v) is 7.46. The number of aromatic nitrogens is 5. The maximum absolute atomic E-state index is 13.3. The SMILES string of the molecule is CC[C@@H](c1nnnn1C(C)(C)CC)N(Cc1ccc(C)cc1)Cc1cc2c(C)ccc(C)c2[nH]c1=O. The van der Waals surface area contributed by atoms with Crippen molar-refractivity contribution in [2.45, 2.75) is 86.0 Å². The number of H-pyrrole nitrogens is 1. The Bertz CT molecular complexity index is 1400. The molecule has 1 atom stereocenters. The Kier molecular flexibility index (Phi) is 7.41. The van der Waals surface area contributed by atoms with Crippen LogP contribution >= 0.6 is 0 Å². The van der Waals surface area contributed by atoms with Crippen molar-refractivity contribution in [1.29, 1.82) is 0 Å². The summed E-state index contributed by atoms with van der Waals surface area (Å²) in [5.74, 6) is 0.834. The number of nitrogens with zero attached hydrogens (tertiary/aromatic N) is 5. The first-order valence-corrected chi connectivity index (χ1v) is 12.8. The predicted molar refractivity (Wildman–Crippen MR) is 145 cm³/mol. The molecule has 0 bridgehead atoms. The maximum Gasteiger partial charge on any atom is 0.252 e. The van der Waals surface area contributed by atoms with Crippen molar-refractivity contribution < 1.29 is 0 Å². The average molecular weight is 487 g/mol. The van der Waals surface area contributed by atoms with Gasteiger partial charge in [0.05, 0.1) is 17.1 Å². The van der Waals surface area contributed by atoms with Crippen LogP contribution in [0.5, 0.6) is 0 Å². The Balaban J connectivity index is 1.80. The van der Waals surface area contributed by atoms with E-state index in [1.165, 1.54) is 11.1 Å². The zero-order chi connectivity index (χ0) is 26.0. The van der Waals surface area contributed by atoms with E-state index in [1.807, 2.05) is 11.6 Å². The van der Waals surface area contributed by atoms with Gasteiger partial charge in [0.15, 0.2) is 5.82 Å². The minimum Gasteiger partial charge on any atom is -0.321 e. The quantitative estimate of drug-likeness (QED) is 0.326. The molecule has 190 valence electrons. The van der Waals surface area contributed by atoms with Crippen molar-refractivity contribution >= 4 is 10.9 Å². The summed E-state index contributed by atoms with van der Waals surface area (Å²) in [5.41, 5.74) is 6.04. The first kappa shape index (κ1) is 25.8. The molecule has 7 nitrogen and oxygen atoms in total. The number of hydrogen-bond acceptors (Lipinski definition) is 5. The van der Waals surface area contributed by atoms with Crippen LogP contribution in [0, 0.1) is 20.8 Å². The van der Waals surface area contributed by atoms with E-state index in [-0.39, 0.29) is 17.1 Å². The number of hydrogen-bond donors (Lipinski definition) is 1. The van der Waals surface area contributed by atoms with Gasteiger partial charge in [-0.3, -0.25) is 9.69 Å². The Hall–Kier alpha value is -3.32. The molecule has 2 aromatic carbocycles. The fraction of sp³-hybridized carbons (Fsp3) is 0.448. The molecule has 1 N–H and O–H groups in total. The van der Waals surface area contributed by atoms with Crippen LogP contribution < -0.4 is 5.56 Å². The first-order valence-electron chi connectivity index (χ1n) is 12.8. The number of fused-ring (bicyclic) bond motifs is 1. The number of aromatic amines is 1. The highest BCUT2D eigenvalue weighted by atomic mass is 16.1. The summed E-state index contributed by atoms with van der Waals surface area (Å²) in [4.78, 5) is 18.8. The van der Waals surface area contributed by atoms with E-state index in [0.29, 0.717) is 13.1 Å². The minimum atomic E-state index is -0.211. The Morgan fingerprint density at radius 1 is 1.00 bits per heavy atom. The Morgan fingerprint density at radius 3 is 2.36 bits per heavy atom. The molecule has 0 saturated carbocycles. The minimum absolute atomic E-state index is 0.0477. The number of benzene rings is 2. The van der Waals surface area contributed by atoms with Crippen molar-refractivity contribution in [2.24, 2.45) is 0 Å². The van der Waals surface area contributed by atoms with Crippen molar-refractivity contribution in [3.8, 4) is 0 Å². The van der Waals surface area contributed by atoms with E-state index in [0.717, 1.165) is 46.3 Å². The topological polar surface area (TPSA) is 79.7 Å². The van der Waals surface area contributed by atoms with Crippen LogP contribution in [0.4, 0.5) is 0 Å². The van der Waals surface area contributed by atoms with E-state index in [1.54, 1.807) is 0 Å². The molecule has 0 aliphatic rings. The molecular weight excluding hydrogens is 448 g/mol. The molecule has 0 aliphatic heterocycles. The summed E-state index contributed by atoms with van der Waals surface area (Å²) in [5, 5.41) is 14.0. The molecule has 0 amide bonds. The van der Waals surface area contributed by atoms with Gasteiger partial charge in [-0.2, -0.15) is 0 Å². The van der Waals surface area contributed by atoms with Gasteiger partial charge in [-0.25, -0.2) is 4.68 Å². The summed E-state index contributed by atoms with van der Waals surface area (Å²) in [6.45, 7) is 16.0. The van der Waals surface area contributed by atoms with E-state index < -0.39 is 0 Å². The van der Waals surface area contributed by atoms with E-state index in [9.17, 15) is 4.79 Å². The molecule has 4 aromatic rings. The fourth-order valence-corrected chi connectivity index (χ4v) is 4.75. The first-order chi connectivity index (χ1) is 17.1. The number of nitrogens with one attached hydrogen (secondary N) is 1. The summed E-state index contributed by atoms with van der Waals surface area (Å²) >= 11 is 0. The van der Waals surface area contributed by atoms with Gasteiger partial charge in [-0.15, -0.1) is 5.10 Å². The fourth-order valence-electron chi connectivity index (χ4n) is 4.75. The van der Waals surface area contributed by atoms with Gasteiger partial charge < -0.3 is 4.98 Å². The van der Waals surface area contributed by atoms with Crippen molar-refractivity contribution in [1.82, 2.24) is 30.1 Å². The lowest BCUT2D eigenvalue weighted by molar-refractivity contribution is 0.150. The second-order valence-electron chi connectivity index (χ2n) is 10.5. The standard InChI is InChI=1S/C29H38N6O/c1-8-25(27-31-32-33-35(27)29(6,7)9-2)34(17-22-14-10-19(3)11-15-22)18-23-16-24-20(4)12-13-21(5)26(24)30-28(23)36/h10-16,25H,8-9,17-18H2,1-7H3,(H,30,36)/t25-/m0/s1. The van der Waals surface area contributed by atoms with Crippen LogP contribution in [0.25, 0.3) is 10.9 Å². The summed E-state index contributed by atoms with van der Waals surface area (Å²) in [6, 6.07) is 14.8. The van der Waals surface area contributed by atoms with Crippen LogP contribution in [0.3, 0.4) is 0 Å². The summed E-state index contributed by atoms with van der Waals surface area (Å²) in [6.07, 6.45) is 1.72. The van der Waals surface area contributed by atoms with Gasteiger partial charge >= 0.3 is 0 Å². The molecule has 0 unspecified atom stereocenters. The van der Waals surface area contributed by atoms with Gasteiger partial charge in [0.25, 0.3) is 5.56 Å². The molecule has 4 rings (SSSR count). The van der Waals surface area contributed by atoms with E-state index in [4.69, 9.17) is 0 Å². The lowest BCUT2D eigenvalue weighted by atomic mass is 10.0.